The fourth-order valence-electron chi connectivity index (χ4n) is 4.27. The van der Waals surface area contributed by atoms with Crippen LogP contribution in [0.25, 0.3) is 11.0 Å². The summed E-state index contributed by atoms with van der Waals surface area (Å²) in [5, 5.41) is 16.2. The number of hydrogen-bond donors (Lipinski definition) is 2. The van der Waals surface area contributed by atoms with Crippen molar-refractivity contribution in [3.05, 3.63) is 56.4 Å². The van der Waals surface area contributed by atoms with Gasteiger partial charge in [0.05, 0.1) is 38.5 Å². The number of nitrogens with one attached hydrogen (secondary N) is 1. The van der Waals surface area contributed by atoms with Gasteiger partial charge in [0.1, 0.15) is 11.3 Å². The Morgan fingerprint density at radius 2 is 1.78 bits per heavy atom. The zero-order valence-corrected chi connectivity index (χ0v) is 19.0. The van der Waals surface area contributed by atoms with E-state index in [2.05, 4.69) is 10.5 Å². The molecule has 0 fully saturated rings. The lowest BCUT2D eigenvalue weighted by Crippen LogP contribution is -2.12. The van der Waals surface area contributed by atoms with Gasteiger partial charge in [-0.2, -0.15) is 5.10 Å². The first kappa shape index (κ1) is 21.5. The number of ether oxygens (including phenoxy) is 3. The minimum atomic E-state index is -0.401. The normalized spacial score (nSPS) is 15.4. The molecule has 1 aromatic heterocycles. The Kier molecular flexibility index (Phi) is 5.46. The molecule has 3 aromatic rings. The first-order valence-corrected chi connectivity index (χ1v) is 10.2. The number of benzene rings is 2. The molecular weight excluding hydrogens is 412 g/mol. The predicted octanol–water partition coefficient (Wildman–Crippen LogP) is 3.89. The van der Waals surface area contributed by atoms with Gasteiger partial charge in [0.25, 0.3) is 0 Å². The van der Waals surface area contributed by atoms with E-state index in [1.807, 2.05) is 19.1 Å². The fourth-order valence-corrected chi connectivity index (χ4v) is 4.27. The van der Waals surface area contributed by atoms with Crippen LogP contribution in [0, 0.1) is 20.8 Å². The van der Waals surface area contributed by atoms with Crippen molar-refractivity contribution in [2.75, 3.05) is 21.3 Å². The zero-order valence-electron chi connectivity index (χ0n) is 19.0. The van der Waals surface area contributed by atoms with Gasteiger partial charge >= 0.3 is 5.63 Å². The van der Waals surface area contributed by atoms with Crippen LogP contribution in [0.15, 0.2) is 32.5 Å². The first-order valence-electron chi connectivity index (χ1n) is 10.2. The molecule has 1 aliphatic heterocycles. The van der Waals surface area contributed by atoms with Crippen molar-refractivity contribution < 1.29 is 23.7 Å². The Morgan fingerprint density at radius 1 is 1.06 bits per heavy atom. The van der Waals surface area contributed by atoms with Crippen molar-refractivity contribution in [2.45, 2.75) is 33.2 Å². The summed E-state index contributed by atoms with van der Waals surface area (Å²) in [4.78, 5) is 12.1. The van der Waals surface area contributed by atoms with Crippen LogP contribution in [-0.2, 0) is 0 Å². The topological polar surface area (TPSA) is 103 Å². The molecule has 1 unspecified atom stereocenters. The van der Waals surface area contributed by atoms with Gasteiger partial charge in [0, 0.05) is 23.1 Å². The number of hydrazone groups is 1. The minimum absolute atomic E-state index is 0.0600. The van der Waals surface area contributed by atoms with Crippen LogP contribution < -0.4 is 25.3 Å². The number of nitrogens with zero attached hydrogens (tertiary/aromatic N) is 1. The second kappa shape index (κ2) is 8.11. The molecule has 0 radical (unpaired) electrons. The summed E-state index contributed by atoms with van der Waals surface area (Å²) in [5.74, 6) is 1.70. The van der Waals surface area contributed by atoms with E-state index in [1.54, 1.807) is 41.2 Å². The molecule has 1 atom stereocenters. The van der Waals surface area contributed by atoms with E-state index >= 15 is 0 Å². The maximum absolute atomic E-state index is 12.1. The van der Waals surface area contributed by atoms with Gasteiger partial charge in [-0.05, 0) is 50.1 Å². The molecule has 8 nitrogen and oxygen atoms in total. The molecule has 2 N–H and O–H groups in total. The maximum atomic E-state index is 12.1. The van der Waals surface area contributed by atoms with E-state index < -0.39 is 5.63 Å². The second-order valence-corrected chi connectivity index (χ2v) is 7.80. The molecule has 0 saturated heterocycles. The van der Waals surface area contributed by atoms with Crippen molar-refractivity contribution in [2.24, 2.45) is 5.10 Å². The van der Waals surface area contributed by atoms with Gasteiger partial charge in [-0.1, -0.05) is 0 Å². The van der Waals surface area contributed by atoms with Crippen LogP contribution in [0.1, 0.15) is 40.3 Å². The fraction of sp³-hybridized carbons (Fsp3) is 0.333. The highest BCUT2D eigenvalue weighted by atomic mass is 16.5. The number of fused-ring (bicyclic) bond motifs is 1. The van der Waals surface area contributed by atoms with E-state index in [4.69, 9.17) is 18.6 Å². The molecule has 2 heterocycles. The van der Waals surface area contributed by atoms with Crippen LogP contribution in [0.5, 0.6) is 23.0 Å². The largest absolute Gasteiger partial charge is 0.506 e. The summed E-state index contributed by atoms with van der Waals surface area (Å²) in [6.45, 7) is 5.35. The first-order chi connectivity index (χ1) is 15.3. The molecule has 1 aliphatic rings. The summed E-state index contributed by atoms with van der Waals surface area (Å²) in [6, 6.07) is 5.31. The number of hydrogen-bond acceptors (Lipinski definition) is 8. The van der Waals surface area contributed by atoms with Crippen LogP contribution in [0.4, 0.5) is 0 Å². The molecule has 168 valence electrons. The van der Waals surface area contributed by atoms with Crippen LogP contribution in [0.3, 0.4) is 0 Å². The third-order valence-corrected chi connectivity index (χ3v) is 6.06. The van der Waals surface area contributed by atoms with Gasteiger partial charge < -0.3 is 29.2 Å². The number of aryl methyl sites for hydroxylation is 2. The summed E-state index contributed by atoms with van der Waals surface area (Å²) in [7, 11) is 4.71. The average molecular weight is 438 g/mol. The zero-order chi connectivity index (χ0) is 23.2. The Bertz CT molecular complexity index is 1310. The summed E-state index contributed by atoms with van der Waals surface area (Å²) in [5.41, 5.74) is 7.24. The number of rotatable bonds is 5. The van der Waals surface area contributed by atoms with Crippen molar-refractivity contribution >= 4 is 16.7 Å². The van der Waals surface area contributed by atoms with Gasteiger partial charge in [-0.15, -0.1) is 0 Å². The average Bonchev–Trinajstić information content (AvgIpc) is 3.25. The molecule has 32 heavy (non-hydrogen) atoms. The van der Waals surface area contributed by atoms with E-state index in [-0.39, 0.29) is 11.8 Å². The summed E-state index contributed by atoms with van der Waals surface area (Å²) >= 11 is 0. The predicted molar refractivity (Wildman–Crippen MR) is 121 cm³/mol. The Balaban J connectivity index is 1.77. The number of aromatic hydroxyl groups is 1. The maximum Gasteiger partial charge on any atom is 0.339 e. The Morgan fingerprint density at radius 3 is 2.44 bits per heavy atom. The molecular formula is C24H26N2O6. The molecule has 4 rings (SSSR count). The molecule has 0 spiro atoms. The molecule has 8 heteroatoms. The van der Waals surface area contributed by atoms with Gasteiger partial charge in [-0.25, -0.2) is 4.79 Å². The van der Waals surface area contributed by atoms with Crippen LogP contribution >= 0.6 is 0 Å². The third kappa shape index (κ3) is 3.23. The second-order valence-electron chi connectivity index (χ2n) is 7.80. The molecule has 2 aromatic carbocycles. The van der Waals surface area contributed by atoms with Gasteiger partial charge in [0.2, 0.25) is 5.75 Å². The van der Waals surface area contributed by atoms with Crippen LogP contribution in [-0.4, -0.2) is 32.1 Å². The molecule has 0 aliphatic carbocycles. The molecule has 0 saturated carbocycles. The van der Waals surface area contributed by atoms with E-state index in [0.717, 1.165) is 11.1 Å². The standard InChI is InChI=1S/C24H26N2O6/c1-11-9-18-20(12(2)13(3)24(28)32-18)21(27)19(11)16-10-15(25-26-16)14-7-8-17(29-4)23(31-6)22(14)30-5/h7-9,15,25,27H,10H2,1-6H3. The van der Waals surface area contributed by atoms with Crippen molar-refractivity contribution in [3.63, 3.8) is 0 Å². The van der Waals surface area contributed by atoms with Gasteiger partial charge in [-0.3, -0.25) is 0 Å². The molecule has 0 bridgehead atoms. The highest BCUT2D eigenvalue weighted by molar-refractivity contribution is 6.09. The quantitative estimate of drug-likeness (QED) is 0.583. The van der Waals surface area contributed by atoms with Crippen LogP contribution in [0.2, 0.25) is 0 Å². The van der Waals surface area contributed by atoms with E-state index in [9.17, 15) is 9.90 Å². The number of phenols is 1. The highest BCUT2D eigenvalue weighted by Crippen LogP contribution is 2.44. The Labute approximate surface area is 185 Å². The smallest absolute Gasteiger partial charge is 0.339 e. The van der Waals surface area contributed by atoms with Crippen molar-refractivity contribution in [3.8, 4) is 23.0 Å². The third-order valence-electron chi connectivity index (χ3n) is 6.06. The number of phenolic OH excluding ortho intramolecular Hbond substituents is 1. The summed E-state index contributed by atoms with van der Waals surface area (Å²) in [6.07, 6.45) is 0.514. The monoisotopic (exact) mass is 438 g/mol. The van der Waals surface area contributed by atoms with Gasteiger partial charge in [0.15, 0.2) is 11.5 Å². The molecule has 0 amide bonds. The lowest BCUT2D eigenvalue weighted by Gasteiger charge is -2.19. The van der Waals surface area contributed by atoms with E-state index in [0.29, 0.717) is 57.0 Å². The minimum Gasteiger partial charge on any atom is -0.506 e. The summed E-state index contributed by atoms with van der Waals surface area (Å²) < 4.78 is 21.9. The Hall–Kier alpha value is -3.68. The lowest BCUT2D eigenvalue weighted by atomic mass is 9.92. The SMILES string of the molecule is COc1ccc(C2CC(c3c(C)cc4oc(=O)c(C)c(C)c4c3O)=NN2)c(OC)c1OC. The van der Waals surface area contributed by atoms with E-state index in [1.165, 1.54) is 0 Å². The van der Waals surface area contributed by atoms with Crippen molar-refractivity contribution in [1.82, 2.24) is 5.43 Å². The lowest BCUT2D eigenvalue weighted by molar-refractivity contribution is 0.320. The number of methoxy groups -OCH3 is 3. The highest BCUT2D eigenvalue weighted by Gasteiger charge is 2.30. The van der Waals surface area contributed by atoms with Crippen molar-refractivity contribution in [1.29, 1.82) is 0 Å².